The number of fused-ring (bicyclic) bond motifs is 2. The molecule has 46 heavy (non-hydrogen) atoms. The van der Waals surface area contributed by atoms with Gasteiger partial charge in [0.15, 0.2) is 40.5 Å². The summed E-state index contributed by atoms with van der Waals surface area (Å²) in [7, 11) is 2.38. The largest absolute Gasteiger partial charge is 0.490 e. The first-order valence-corrected chi connectivity index (χ1v) is 15.0. The summed E-state index contributed by atoms with van der Waals surface area (Å²) in [5, 5.41) is 18.5. The average Bonchev–Trinajstić information content (AvgIpc) is 3.65. The Morgan fingerprint density at radius 3 is 1.98 bits per heavy atom. The molecule has 0 unspecified atom stereocenters. The summed E-state index contributed by atoms with van der Waals surface area (Å²) in [5.74, 6) is -8.88. The Bertz CT molecular complexity index is 1690. The van der Waals surface area contributed by atoms with Crippen LogP contribution in [-0.4, -0.2) is 66.2 Å². The second kappa shape index (κ2) is 14.3. The van der Waals surface area contributed by atoms with Gasteiger partial charge in [0.25, 0.3) is 0 Å². The number of amides is 1. The van der Waals surface area contributed by atoms with Gasteiger partial charge in [0, 0.05) is 48.9 Å². The summed E-state index contributed by atoms with van der Waals surface area (Å²) in [4.78, 5) is 48.7. The smallest absolute Gasteiger partial charge is 0.306 e. The molecule has 0 radical (unpaired) electrons. The van der Waals surface area contributed by atoms with Crippen LogP contribution in [0, 0.1) is 29.3 Å². The minimum absolute atomic E-state index is 0.0255. The molecule has 0 saturated carbocycles. The van der Waals surface area contributed by atoms with Gasteiger partial charge in [0.2, 0.25) is 11.7 Å². The second-order valence-electron chi connectivity index (χ2n) is 10.8. The van der Waals surface area contributed by atoms with Gasteiger partial charge >= 0.3 is 11.9 Å². The fraction of sp³-hybridized carbons (Fsp3) is 0.419. The fourth-order valence-electron chi connectivity index (χ4n) is 4.89. The van der Waals surface area contributed by atoms with Crippen molar-refractivity contribution in [3.05, 3.63) is 45.6 Å². The quantitative estimate of drug-likeness (QED) is 0.159. The maximum atomic E-state index is 15.5. The van der Waals surface area contributed by atoms with Crippen molar-refractivity contribution in [2.45, 2.75) is 46.2 Å². The van der Waals surface area contributed by atoms with E-state index in [1.165, 1.54) is 38.0 Å². The number of rotatable bonds is 15. The number of benzene rings is 2. The zero-order chi connectivity index (χ0) is 33.9. The highest BCUT2D eigenvalue weighted by Crippen LogP contribution is 2.43. The number of carboxylic acid groups (broad SMARTS) is 2. The number of ketones is 1. The maximum Gasteiger partial charge on any atom is 0.306 e. The molecule has 0 saturated heterocycles. The van der Waals surface area contributed by atoms with Gasteiger partial charge in [0.05, 0.1) is 48.8 Å². The maximum absolute atomic E-state index is 15.5. The van der Waals surface area contributed by atoms with Crippen molar-refractivity contribution in [2.75, 3.05) is 27.4 Å². The van der Waals surface area contributed by atoms with Crippen LogP contribution < -0.4 is 18.9 Å². The third kappa shape index (κ3) is 6.98. The lowest BCUT2D eigenvalue weighted by molar-refractivity contribution is -0.145. The summed E-state index contributed by atoms with van der Waals surface area (Å²) in [6, 6.07) is 2.93. The number of aliphatic carboxylic acids is 2. The molecular weight excluding hydrogens is 635 g/mol. The minimum Gasteiger partial charge on any atom is -0.490 e. The van der Waals surface area contributed by atoms with Crippen LogP contribution in [0.25, 0.3) is 10.1 Å². The van der Waals surface area contributed by atoms with Crippen LogP contribution in [0.3, 0.4) is 0 Å². The Labute approximate surface area is 265 Å². The molecule has 0 spiro atoms. The standard InChI is InChI=1S/C31H32F3NO10S/c1-14(30(38)39)8-19(36)21-11-16-10-20(26(42-3)25(34)29(16)46-21)44-6-5-7-45-28-24(33)18-13-35(22(37)9-15(2)31(40)41)12-17(18)23(32)27(28)43-4/h10-11,14-15H,5-9,12-13H2,1-4H3,(H,38,39)(H,40,41)/t14-,15-/m0/s1. The molecule has 2 N–H and O–H groups in total. The molecule has 1 aliphatic heterocycles. The van der Waals surface area contributed by atoms with Crippen LogP contribution in [0.2, 0.25) is 0 Å². The van der Waals surface area contributed by atoms with Crippen molar-refractivity contribution in [1.82, 2.24) is 4.90 Å². The number of carbonyl (C=O) groups excluding carboxylic acids is 2. The molecule has 0 aliphatic carbocycles. The van der Waals surface area contributed by atoms with Crippen LogP contribution in [-0.2, 0) is 27.5 Å². The van der Waals surface area contributed by atoms with Gasteiger partial charge in [-0.05, 0) is 12.1 Å². The van der Waals surface area contributed by atoms with Crippen molar-refractivity contribution in [3.63, 3.8) is 0 Å². The molecule has 1 aliphatic rings. The van der Waals surface area contributed by atoms with E-state index in [-0.39, 0.29) is 77.8 Å². The molecule has 2 aromatic carbocycles. The summed E-state index contributed by atoms with van der Waals surface area (Å²) in [5.41, 5.74) is -0.180. The molecule has 2 heterocycles. The highest BCUT2D eigenvalue weighted by Gasteiger charge is 2.35. The van der Waals surface area contributed by atoms with Gasteiger partial charge in [-0.1, -0.05) is 13.8 Å². The molecule has 4 rings (SSSR count). The first-order valence-electron chi connectivity index (χ1n) is 14.2. The van der Waals surface area contributed by atoms with Gasteiger partial charge in [-0.2, -0.15) is 0 Å². The van der Waals surface area contributed by atoms with E-state index in [0.717, 1.165) is 18.4 Å². The van der Waals surface area contributed by atoms with Crippen molar-refractivity contribution in [1.29, 1.82) is 0 Å². The van der Waals surface area contributed by atoms with E-state index in [9.17, 15) is 19.2 Å². The molecular formula is C31H32F3NO10S. The number of ether oxygens (including phenoxy) is 4. The van der Waals surface area contributed by atoms with Crippen molar-refractivity contribution >= 4 is 45.1 Å². The molecule has 1 amide bonds. The zero-order valence-corrected chi connectivity index (χ0v) is 26.2. The molecule has 248 valence electrons. The van der Waals surface area contributed by atoms with E-state index < -0.39 is 64.4 Å². The number of nitrogens with zero attached hydrogens (tertiary/aromatic N) is 1. The lowest BCUT2D eigenvalue weighted by atomic mass is 10.0. The van der Waals surface area contributed by atoms with Gasteiger partial charge in [-0.25, -0.2) is 13.2 Å². The molecule has 1 aromatic heterocycles. The third-order valence-corrected chi connectivity index (χ3v) is 8.70. The average molecular weight is 668 g/mol. The molecule has 0 bridgehead atoms. The fourth-order valence-corrected chi connectivity index (χ4v) is 5.91. The zero-order valence-electron chi connectivity index (χ0n) is 25.4. The number of thiophene rings is 1. The highest BCUT2D eigenvalue weighted by molar-refractivity contribution is 7.20. The first-order chi connectivity index (χ1) is 21.8. The van der Waals surface area contributed by atoms with Crippen LogP contribution in [0.5, 0.6) is 23.0 Å². The number of carbonyl (C=O) groups is 4. The predicted octanol–water partition coefficient (Wildman–Crippen LogP) is 5.43. The Balaban J connectivity index is 1.43. The number of carboxylic acids is 2. The summed E-state index contributed by atoms with van der Waals surface area (Å²) in [6.07, 6.45) is -0.444. The van der Waals surface area contributed by atoms with Crippen molar-refractivity contribution in [3.8, 4) is 23.0 Å². The molecule has 3 aromatic rings. The second-order valence-corrected chi connectivity index (χ2v) is 11.9. The van der Waals surface area contributed by atoms with Crippen LogP contribution in [0.4, 0.5) is 13.2 Å². The number of hydrogen-bond acceptors (Lipinski definition) is 9. The van der Waals surface area contributed by atoms with E-state index >= 15 is 13.2 Å². The highest BCUT2D eigenvalue weighted by atomic mass is 32.1. The van der Waals surface area contributed by atoms with Crippen LogP contribution in [0.1, 0.15) is 53.9 Å². The van der Waals surface area contributed by atoms with Crippen LogP contribution >= 0.6 is 11.3 Å². The number of halogens is 3. The molecule has 15 heteroatoms. The molecule has 11 nitrogen and oxygen atoms in total. The van der Waals surface area contributed by atoms with Gasteiger partial charge in [-0.15, -0.1) is 11.3 Å². The summed E-state index contributed by atoms with van der Waals surface area (Å²) in [6.45, 7) is 2.02. The molecule has 2 atom stereocenters. The van der Waals surface area contributed by atoms with E-state index in [4.69, 9.17) is 29.2 Å². The Hall–Kier alpha value is -4.53. The lowest BCUT2D eigenvalue weighted by Gasteiger charge is -2.16. The van der Waals surface area contributed by atoms with E-state index in [0.29, 0.717) is 5.39 Å². The Morgan fingerprint density at radius 1 is 0.826 bits per heavy atom. The Morgan fingerprint density at radius 2 is 1.39 bits per heavy atom. The summed E-state index contributed by atoms with van der Waals surface area (Å²) >= 11 is 0.877. The van der Waals surface area contributed by atoms with E-state index in [1.807, 2.05) is 0 Å². The summed E-state index contributed by atoms with van der Waals surface area (Å²) < 4.78 is 67.7. The topological polar surface area (TPSA) is 149 Å². The number of Topliss-reactive ketones (excluding diaryl/α,β-unsaturated/α-hetero) is 1. The van der Waals surface area contributed by atoms with E-state index in [2.05, 4.69) is 0 Å². The van der Waals surface area contributed by atoms with Gasteiger partial charge in [0.1, 0.15) is 0 Å². The predicted molar refractivity (Wildman–Crippen MR) is 158 cm³/mol. The van der Waals surface area contributed by atoms with Crippen LogP contribution in [0.15, 0.2) is 12.1 Å². The van der Waals surface area contributed by atoms with Gasteiger partial charge in [-0.3, -0.25) is 19.2 Å². The molecule has 0 fully saturated rings. The third-order valence-electron chi connectivity index (χ3n) is 7.51. The van der Waals surface area contributed by atoms with E-state index in [1.54, 1.807) is 0 Å². The lowest BCUT2D eigenvalue weighted by Crippen LogP contribution is -2.28. The number of hydrogen-bond donors (Lipinski definition) is 2. The minimum atomic E-state index is -1.16. The van der Waals surface area contributed by atoms with Crippen molar-refractivity contribution in [2.24, 2.45) is 11.8 Å². The monoisotopic (exact) mass is 667 g/mol. The number of methoxy groups -OCH3 is 2. The SMILES string of the molecule is COc1c(F)c2c(c(F)c1OCCCOc1cc3cc(C(=O)C[C@H](C)C(=O)O)sc3c(F)c1OC)CN(C(=O)C[C@H](C)C(=O)O)C2. The normalized spacial score (nSPS) is 13.7. The van der Waals surface area contributed by atoms with Crippen molar-refractivity contribution < 1.29 is 61.5 Å². The van der Waals surface area contributed by atoms with Gasteiger partial charge < -0.3 is 34.1 Å². The first kappa shape index (κ1) is 34.3. The Kier molecular flexibility index (Phi) is 10.7.